The summed E-state index contributed by atoms with van der Waals surface area (Å²) in [5.41, 5.74) is -1.96. The summed E-state index contributed by atoms with van der Waals surface area (Å²) in [6, 6.07) is 0. The first-order valence-corrected chi connectivity index (χ1v) is 3.86. The SMILES string of the molecule is O=C1OC(=O)C23CCC=CC12O3. The molecule has 4 heteroatoms. The fraction of sp³-hybridized carbons (Fsp3) is 0.500. The Kier molecular flexibility index (Phi) is 0.782. The average Bonchev–Trinajstić information content (AvgIpc) is 2.69. The zero-order valence-electron chi connectivity index (χ0n) is 6.20. The third kappa shape index (κ3) is 0.400. The van der Waals surface area contributed by atoms with Crippen LogP contribution in [-0.2, 0) is 19.1 Å². The van der Waals surface area contributed by atoms with Crippen LogP contribution in [0.15, 0.2) is 12.2 Å². The molecular formula is C8H6O4. The second kappa shape index (κ2) is 1.47. The minimum absolute atomic E-state index is 0.517. The molecule has 3 aliphatic rings. The topological polar surface area (TPSA) is 55.9 Å². The van der Waals surface area contributed by atoms with Crippen molar-refractivity contribution in [2.45, 2.75) is 24.0 Å². The molecule has 2 saturated heterocycles. The van der Waals surface area contributed by atoms with Gasteiger partial charge in [-0.2, -0.15) is 0 Å². The van der Waals surface area contributed by atoms with Crippen molar-refractivity contribution < 1.29 is 19.1 Å². The summed E-state index contributed by atoms with van der Waals surface area (Å²) in [5.74, 6) is -1.07. The molecule has 4 nitrogen and oxygen atoms in total. The minimum Gasteiger partial charge on any atom is -0.388 e. The van der Waals surface area contributed by atoms with Crippen LogP contribution in [0.25, 0.3) is 0 Å². The molecule has 0 N–H and O–H groups in total. The van der Waals surface area contributed by atoms with E-state index in [2.05, 4.69) is 4.74 Å². The lowest BCUT2D eigenvalue weighted by molar-refractivity contribution is -0.163. The smallest absolute Gasteiger partial charge is 0.354 e. The summed E-state index contributed by atoms with van der Waals surface area (Å²) in [6.07, 6.45) is 4.83. The maximum atomic E-state index is 11.2. The summed E-state index contributed by atoms with van der Waals surface area (Å²) < 4.78 is 9.70. The number of cyclic esters (lactones) is 2. The van der Waals surface area contributed by atoms with Crippen molar-refractivity contribution in [3.63, 3.8) is 0 Å². The molecule has 2 aliphatic heterocycles. The van der Waals surface area contributed by atoms with Gasteiger partial charge in [-0.05, 0) is 18.9 Å². The zero-order chi connectivity index (χ0) is 8.40. The summed E-state index contributed by atoms with van der Waals surface area (Å²) in [7, 11) is 0. The molecule has 0 aromatic rings. The first kappa shape index (κ1) is 6.37. The highest BCUT2D eigenvalue weighted by Gasteiger charge is 2.84. The van der Waals surface area contributed by atoms with Gasteiger partial charge in [-0.15, -0.1) is 0 Å². The van der Waals surface area contributed by atoms with Crippen molar-refractivity contribution in [2.75, 3.05) is 0 Å². The molecular weight excluding hydrogens is 160 g/mol. The number of allylic oxidation sites excluding steroid dienone is 1. The van der Waals surface area contributed by atoms with E-state index in [9.17, 15) is 9.59 Å². The van der Waals surface area contributed by atoms with E-state index >= 15 is 0 Å². The molecule has 12 heavy (non-hydrogen) atoms. The number of rotatable bonds is 0. The number of carbonyl (C=O) groups excluding carboxylic acids is 2. The van der Waals surface area contributed by atoms with Gasteiger partial charge in [0.15, 0.2) is 0 Å². The summed E-state index contributed by atoms with van der Waals surface area (Å²) in [4.78, 5) is 22.3. The quantitative estimate of drug-likeness (QED) is 0.219. The van der Waals surface area contributed by atoms with Crippen molar-refractivity contribution in [3.8, 4) is 0 Å². The van der Waals surface area contributed by atoms with E-state index in [0.717, 1.165) is 6.42 Å². The van der Waals surface area contributed by atoms with Gasteiger partial charge in [-0.3, -0.25) is 0 Å². The lowest BCUT2D eigenvalue weighted by Gasteiger charge is -2.05. The van der Waals surface area contributed by atoms with E-state index in [1.807, 2.05) is 6.08 Å². The fourth-order valence-corrected chi connectivity index (χ4v) is 2.00. The Morgan fingerprint density at radius 1 is 1.33 bits per heavy atom. The largest absolute Gasteiger partial charge is 0.388 e. The van der Waals surface area contributed by atoms with E-state index in [0.29, 0.717) is 6.42 Å². The zero-order valence-corrected chi connectivity index (χ0v) is 6.20. The highest BCUT2D eigenvalue weighted by molar-refractivity contribution is 6.11. The Labute approximate surface area is 68.1 Å². The van der Waals surface area contributed by atoms with E-state index in [4.69, 9.17) is 4.74 Å². The molecule has 0 aromatic carbocycles. The van der Waals surface area contributed by atoms with E-state index < -0.39 is 23.1 Å². The number of epoxide rings is 1. The Morgan fingerprint density at radius 2 is 2.17 bits per heavy atom. The number of esters is 2. The van der Waals surface area contributed by atoms with Gasteiger partial charge in [0, 0.05) is 0 Å². The highest BCUT2D eigenvalue weighted by Crippen LogP contribution is 2.59. The van der Waals surface area contributed by atoms with Gasteiger partial charge in [0.05, 0.1) is 0 Å². The molecule has 0 spiro atoms. The van der Waals surface area contributed by atoms with Crippen LogP contribution in [-0.4, -0.2) is 23.1 Å². The number of ether oxygens (including phenoxy) is 2. The van der Waals surface area contributed by atoms with Crippen molar-refractivity contribution in [1.82, 2.24) is 0 Å². The predicted molar refractivity (Wildman–Crippen MR) is 36.0 cm³/mol. The van der Waals surface area contributed by atoms with Gasteiger partial charge in [0.25, 0.3) is 0 Å². The molecule has 0 radical (unpaired) electrons. The second-order valence-electron chi connectivity index (χ2n) is 3.28. The molecule has 62 valence electrons. The van der Waals surface area contributed by atoms with E-state index in [1.54, 1.807) is 6.08 Å². The van der Waals surface area contributed by atoms with Gasteiger partial charge < -0.3 is 9.47 Å². The summed E-state index contributed by atoms with van der Waals surface area (Å²) >= 11 is 0. The molecule has 0 aromatic heterocycles. The van der Waals surface area contributed by atoms with Crippen LogP contribution < -0.4 is 0 Å². The lowest BCUT2D eigenvalue weighted by Crippen LogP contribution is -2.29. The Bertz CT molecular complexity index is 332. The van der Waals surface area contributed by atoms with Crippen LogP contribution >= 0.6 is 0 Å². The molecule has 2 heterocycles. The molecule has 1 aliphatic carbocycles. The monoisotopic (exact) mass is 166 g/mol. The van der Waals surface area contributed by atoms with Gasteiger partial charge in [0.1, 0.15) is 0 Å². The third-order valence-electron chi connectivity index (χ3n) is 2.73. The Balaban J connectivity index is 2.19. The van der Waals surface area contributed by atoms with E-state index in [1.165, 1.54) is 0 Å². The third-order valence-corrected chi connectivity index (χ3v) is 2.73. The van der Waals surface area contributed by atoms with Crippen molar-refractivity contribution >= 4 is 11.9 Å². The molecule has 0 bridgehead atoms. The first-order chi connectivity index (χ1) is 5.71. The van der Waals surface area contributed by atoms with Crippen LogP contribution in [0.4, 0.5) is 0 Å². The minimum atomic E-state index is -1.03. The predicted octanol–water partition coefficient (Wildman–Crippen LogP) is -0.0724. The number of hydrogen-bond acceptors (Lipinski definition) is 4. The van der Waals surface area contributed by atoms with Crippen LogP contribution in [0.5, 0.6) is 0 Å². The second-order valence-corrected chi connectivity index (χ2v) is 3.28. The standard InChI is InChI=1S/C8H6O4/c9-5-7-3-1-2-4-8(7,12-7)6(10)11-5/h1,3H,2,4H2. The van der Waals surface area contributed by atoms with Gasteiger partial charge in [0.2, 0.25) is 11.2 Å². The number of carbonyl (C=O) groups is 2. The Morgan fingerprint density at radius 3 is 2.92 bits per heavy atom. The molecule has 3 rings (SSSR count). The number of hydrogen-bond donors (Lipinski definition) is 0. The normalized spacial score (nSPS) is 48.3. The fourth-order valence-electron chi connectivity index (χ4n) is 2.00. The van der Waals surface area contributed by atoms with Crippen molar-refractivity contribution in [2.24, 2.45) is 0 Å². The maximum Gasteiger partial charge on any atom is 0.354 e. The van der Waals surface area contributed by atoms with Crippen LogP contribution in [0.1, 0.15) is 12.8 Å². The molecule has 2 unspecified atom stereocenters. The highest BCUT2D eigenvalue weighted by atomic mass is 16.7. The lowest BCUT2D eigenvalue weighted by atomic mass is 9.86. The average molecular weight is 166 g/mol. The van der Waals surface area contributed by atoms with Gasteiger partial charge in [-0.25, -0.2) is 9.59 Å². The summed E-state index contributed by atoms with van der Waals surface area (Å²) in [6.45, 7) is 0. The van der Waals surface area contributed by atoms with E-state index in [-0.39, 0.29) is 0 Å². The molecule has 0 saturated carbocycles. The molecule has 0 amide bonds. The maximum absolute atomic E-state index is 11.2. The Hall–Kier alpha value is -1.16. The van der Waals surface area contributed by atoms with Crippen molar-refractivity contribution in [3.05, 3.63) is 12.2 Å². The first-order valence-electron chi connectivity index (χ1n) is 3.86. The van der Waals surface area contributed by atoms with Crippen LogP contribution in [0.2, 0.25) is 0 Å². The van der Waals surface area contributed by atoms with Gasteiger partial charge in [-0.1, -0.05) is 6.08 Å². The molecule has 2 fully saturated rings. The van der Waals surface area contributed by atoms with Gasteiger partial charge >= 0.3 is 11.9 Å². The molecule has 2 atom stereocenters. The van der Waals surface area contributed by atoms with Crippen LogP contribution in [0.3, 0.4) is 0 Å². The summed E-state index contributed by atoms with van der Waals surface area (Å²) in [5, 5.41) is 0. The van der Waals surface area contributed by atoms with Crippen molar-refractivity contribution in [1.29, 1.82) is 0 Å². The van der Waals surface area contributed by atoms with Crippen LogP contribution in [0, 0.1) is 0 Å².